The Balaban J connectivity index is 2.24. The number of hydrogen-bond donors (Lipinski definition) is 0. The molecule has 2 rings (SSSR count). The van der Waals surface area contributed by atoms with Crippen molar-refractivity contribution in [2.45, 2.75) is 19.9 Å². The minimum atomic E-state index is -0.374. The van der Waals surface area contributed by atoms with Gasteiger partial charge in [0.2, 0.25) is 0 Å². The van der Waals surface area contributed by atoms with Gasteiger partial charge >= 0.3 is 0 Å². The van der Waals surface area contributed by atoms with Gasteiger partial charge in [0.05, 0.1) is 18.3 Å². The summed E-state index contributed by atoms with van der Waals surface area (Å²) >= 11 is 5.93. The molecule has 2 aromatic rings. The van der Waals surface area contributed by atoms with Crippen molar-refractivity contribution < 1.29 is 9.18 Å². The zero-order valence-corrected chi connectivity index (χ0v) is 10.6. The summed E-state index contributed by atoms with van der Waals surface area (Å²) in [6.45, 7) is 2.00. The highest BCUT2D eigenvalue weighted by molar-refractivity contribution is 6.31. The molecule has 3 nitrogen and oxygen atoms in total. The molecule has 0 fully saturated rings. The van der Waals surface area contributed by atoms with E-state index in [0.29, 0.717) is 22.6 Å². The third-order valence-corrected chi connectivity index (χ3v) is 3.01. The minimum Gasteiger partial charge on any atom is -0.294 e. The average molecular weight is 267 g/mol. The molecule has 1 aromatic heterocycles. The number of rotatable bonds is 4. The molecule has 0 spiro atoms. The summed E-state index contributed by atoms with van der Waals surface area (Å²) in [5.41, 5.74) is 0.905. The van der Waals surface area contributed by atoms with E-state index in [-0.39, 0.29) is 18.1 Å². The SMILES string of the molecule is CCC(=O)c1cnn(Cc2c(F)cccc2Cl)c1. The number of hydrogen-bond acceptors (Lipinski definition) is 2. The Morgan fingerprint density at radius 1 is 1.50 bits per heavy atom. The molecule has 0 aliphatic heterocycles. The molecule has 0 saturated heterocycles. The normalized spacial score (nSPS) is 10.6. The molecule has 1 aromatic carbocycles. The Kier molecular flexibility index (Phi) is 3.77. The number of halogens is 2. The van der Waals surface area contributed by atoms with Crippen LogP contribution in [0.25, 0.3) is 0 Å². The molecule has 0 bridgehead atoms. The maximum absolute atomic E-state index is 13.6. The smallest absolute Gasteiger partial charge is 0.165 e. The molecule has 1 heterocycles. The van der Waals surface area contributed by atoms with Gasteiger partial charge in [0.15, 0.2) is 5.78 Å². The lowest BCUT2D eigenvalue weighted by molar-refractivity contribution is 0.0988. The first-order valence-corrected chi connectivity index (χ1v) is 5.98. The standard InChI is InChI=1S/C13H12ClFN2O/c1-2-13(18)9-6-16-17(7-9)8-10-11(14)4-3-5-12(10)15/h3-7H,2,8H2,1H3. The first kappa shape index (κ1) is 12.8. The summed E-state index contributed by atoms with van der Waals surface area (Å²) in [6.07, 6.45) is 3.52. The van der Waals surface area contributed by atoms with Gasteiger partial charge in [-0.1, -0.05) is 24.6 Å². The van der Waals surface area contributed by atoms with E-state index in [0.717, 1.165) is 0 Å². The molecule has 0 aliphatic carbocycles. The lowest BCUT2D eigenvalue weighted by atomic mass is 10.2. The number of ketones is 1. The lowest BCUT2D eigenvalue weighted by Gasteiger charge is -2.05. The Bertz CT molecular complexity index is 560. The third kappa shape index (κ3) is 2.59. The lowest BCUT2D eigenvalue weighted by Crippen LogP contribution is -2.03. The summed E-state index contributed by atoms with van der Waals surface area (Å²) in [5, 5.41) is 4.39. The van der Waals surface area contributed by atoms with Gasteiger partial charge in [-0.15, -0.1) is 0 Å². The summed E-state index contributed by atoms with van der Waals surface area (Å²) in [7, 11) is 0. The van der Waals surface area contributed by atoms with Gasteiger partial charge < -0.3 is 0 Å². The predicted molar refractivity (Wildman–Crippen MR) is 67.4 cm³/mol. The van der Waals surface area contributed by atoms with Crippen molar-refractivity contribution in [1.29, 1.82) is 0 Å². The van der Waals surface area contributed by atoms with Crippen molar-refractivity contribution in [3.05, 3.63) is 52.6 Å². The van der Waals surface area contributed by atoms with Gasteiger partial charge in [0, 0.05) is 23.2 Å². The molecule has 0 unspecified atom stereocenters. The van der Waals surface area contributed by atoms with Gasteiger partial charge in [0.25, 0.3) is 0 Å². The van der Waals surface area contributed by atoms with Crippen molar-refractivity contribution in [2.24, 2.45) is 0 Å². The fourth-order valence-corrected chi connectivity index (χ4v) is 1.87. The minimum absolute atomic E-state index is 0.0147. The topological polar surface area (TPSA) is 34.9 Å². The van der Waals surface area contributed by atoms with E-state index in [1.54, 1.807) is 25.3 Å². The number of Topliss-reactive ketones (excluding diaryl/α,β-unsaturated/α-hetero) is 1. The molecular formula is C13H12ClFN2O. The van der Waals surface area contributed by atoms with Crippen LogP contribution in [0.3, 0.4) is 0 Å². The zero-order chi connectivity index (χ0) is 13.1. The maximum atomic E-state index is 13.6. The largest absolute Gasteiger partial charge is 0.294 e. The Hall–Kier alpha value is -1.68. The predicted octanol–water partition coefficient (Wildman–Crippen LogP) is 3.32. The molecule has 0 atom stereocenters. The molecule has 18 heavy (non-hydrogen) atoms. The second kappa shape index (κ2) is 5.31. The van der Waals surface area contributed by atoms with E-state index < -0.39 is 0 Å². The van der Waals surface area contributed by atoms with E-state index >= 15 is 0 Å². The van der Waals surface area contributed by atoms with Crippen molar-refractivity contribution >= 4 is 17.4 Å². The van der Waals surface area contributed by atoms with Crippen LogP contribution in [0.5, 0.6) is 0 Å². The second-order valence-electron chi connectivity index (χ2n) is 3.90. The monoisotopic (exact) mass is 266 g/mol. The summed E-state index contributed by atoms with van der Waals surface area (Å²) < 4.78 is 15.1. The van der Waals surface area contributed by atoms with E-state index in [2.05, 4.69) is 5.10 Å². The number of nitrogens with zero attached hydrogens (tertiary/aromatic N) is 2. The van der Waals surface area contributed by atoms with Gasteiger partial charge in [-0.05, 0) is 12.1 Å². The molecule has 0 aliphatic rings. The second-order valence-corrected chi connectivity index (χ2v) is 4.31. The Morgan fingerprint density at radius 2 is 2.28 bits per heavy atom. The average Bonchev–Trinajstić information content (AvgIpc) is 2.81. The van der Waals surface area contributed by atoms with Crippen LogP contribution < -0.4 is 0 Å². The van der Waals surface area contributed by atoms with Crippen LogP contribution in [-0.4, -0.2) is 15.6 Å². The summed E-state index contributed by atoms with van der Waals surface area (Å²) in [4.78, 5) is 11.5. The van der Waals surface area contributed by atoms with Crippen LogP contribution in [0.4, 0.5) is 4.39 Å². The van der Waals surface area contributed by atoms with E-state index in [9.17, 15) is 9.18 Å². The van der Waals surface area contributed by atoms with Crippen molar-refractivity contribution in [3.63, 3.8) is 0 Å². The summed E-state index contributed by atoms with van der Waals surface area (Å²) in [5.74, 6) is -0.359. The number of benzene rings is 1. The van der Waals surface area contributed by atoms with E-state index in [1.807, 2.05) is 0 Å². The fourth-order valence-electron chi connectivity index (χ4n) is 1.64. The Labute approximate surface area is 109 Å². The van der Waals surface area contributed by atoms with Crippen molar-refractivity contribution in [1.82, 2.24) is 9.78 Å². The first-order valence-electron chi connectivity index (χ1n) is 5.60. The Morgan fingerprint density at radius 3 is 2.94 bits per heavy atom. The van der Waals surface area contributed by atoms with Gasteiger partial charge in [-0.2, -0.15) is 5.10 Å². The molecule has 0 N–H and O–H groups in total. The highest BCUT2D eigenvalue weighted by Gasteiger charge is 2.10. The zero-order valence-electron chi connectivity index (χ0n) is 9.86. The highest BCUT2D eigenvalue weighted by Crippen LogP contribution is 2.20. The molecule has 0 amide bonds. The van der Waals surface area contributed by atoms with Crippen LogP contribution in [0, 0.1) is 5.82 Å². The van der Waals surface area contributed by atoms with Crippen LogP contribution in [0.15, 0.2) is 30.6 Å². The van der Waals surface area contributed by atoms with Crippen LogP contribution in [0.1, 0.15) is 29.3 Å². The maximum Gasteiger partial charge on any atom is 0.165 e. The molecule has 94 valence electrons. The molecule has 0 saturated carbocycles. The van der Waals surface area contributed by atoms with Crippen LogP contribution >= 0.6 is 11.6 Å². The number of carbonyl (C=O) groups is 1. The summed E-state index contributed by atoms with van der Waals surface area (Å²) in [6, 6.07) is 4.53. The van der Waals surface area contributed by atoms with Crippen molar-refractivity contribution in [3.8, 4) is 0 Å². The van der Waals surface area contributed by atoms with Crippen LogP contribution in [-0.2, 0) is 6.54 Å². The number of carbonyl (C=O) groups excluding carboxylic acids is 1. The quantitative estimate of drug-likeness (QED) is 0.796. The van der Waals surface area contributed by atoms with Gasteiger partial charge in [-0.3, -0.25) is 9.48 Å². The van der Waals surface area contributed by atoms with Crippen molar-refractivity contribution in [2.75, 3.05) is 0 Å². The van der Waals surface area contributed by atoms with Crippen LogP contribution in [0.2, 0.25) is 5.02 Å². The molecule has 0 radical (unpaired) electrons. The highest BCUT2D eigenvalue weighted by atomic mass is 35.5. The number of aromatic nitrogens is 2. The molecular weight excluding hydrogens is 255 g/mol. The third-order valence-electron chi connectivity index (χ3n) is 2.66. The molecule has 5 heteroatoms. The van der Waals surface area contributed by atoms with Gasteiger partial charge in [0.1, 0.15) is 5.82 Å². The van der Waals surface area contributed by atoms with E-state index in [1.165, 1.54) is 16.9 Å². The fraction of sp³-hybridized carbons (Fsp3) is 0.231. The first-order chi connectivity index (χ1) is 8.61. The van der Waals surface area contributed by atoms with E-state index in [4.69, 9.17) is 11.6 Å². The van der Waals surface area contributed by atoms with Gasteiger partial charge in [-0.25, -0.2) is 4.39 Å².